The maximum atomic E-state index is 12.2. The van der Waals surface area contributed by atoms with Crippen LogP contribution in [0.1, 0.15) is 6.92 Å². The summed E-state index contributed by atoms with van der Waals surface area (Å²) in [6.45, 7) is 1.35. The quantitative estimate of drug-likeness (QED) is 0.673. The molecule has 0 aliphatic heterocycles. The Balaban J connectivity index is 2.19. The zero-order chi connectivity index (χ0) is 16.2. The predicted molar refractivity (Wildman–Crippen MR) is 83.0 cm³/mol. The highest BCUT2D eigenvalue weighted by atomic mass is 32.2. The van der Waals surface area contributed by atoms with Crippen LogP contribution in [0.5, 0.6) is 5.75 Å². The van der Waals surface area contributed by atoms with Crippen molar-refractivity contribution in [2.24, 2.45) is 4.99 Å². The van der Waals surface area contributed by atoms with Crippen LogP contribution in [0.4, 0.5) is 11.4 Å². The first-order chi connectivity index (χ1) is 10.4. The smallest absolute Gasteiger partial charge is 0.261 e. The number of hydrogen-bond donors (Lipinski definition) is 1. The number of aliphatic imine (C=N–C) groups is 1. The summed E-state index contributed by atoms with van der Waals surface area (Å²) in [5.41, 5.74) is 0.859. The second kappa shape index (κ2) is 6.48. The van der Waals surface area contributed by atoms with E-state index >= 15 is 0 Å². The minimum Gasteiger partial charge on any atom is -0.862 e. The van der Waals surface area contributed by atoms with Crippen molar-refractivity contribution in [3.05, 3.63) is 48.5 Å². The van der Waals surface area contributed by atoms with E-state index in [4.69, 9.17) is 4.74 Å². The van der Waals surface area contributed by atoms with Crippen molar-refractivity contribution < 1.29 is 18.3 Å². The molecule has 2 aromatic carbocycles. The Bertz CT molecular complexity index is 762. The van der Waals surface area contributed by atoms with Crippen molar-refractivity contribution in [1.29, 1.82) is 0 Å². The summed E-state index contributed by atoms with van der Waals surface area (Å²) in [6.07, 6.45) is 0. The molecule has 0 atom stereocenters. The topological polar surface area (TPSA) is 90.8 Å². The molecule has 0 aliphatic carbocycles. The molecule has 22 heavy (non-hydrogen) atoms. The van der Waals surface area contributed by atoms with Crippen LogP contribution >= 0.6 is 0 Å². The zero-order valence-corrected chi connectivity index (χ0v) is 12.9. The third-order valence-electron chi connectivity index (χ3n) is 2.78. The van der Waals surface area contributed by atoms with Gasteiger partial charge in [-0.3, -0.25) is 9.71 Å². The summed E-state index contributed by atoms with van der Waals surface area (Å²) in [5, 5.41) is 10.9. The lowest BCUT2D eigenvalue weighted by molar-refractivity contribution is -0.215. The molecule has 116 valence electrons. The van der Waals surface area contributed by atoms with Crippen molar-refractivity contribution >= 4 is 27.3 Å². The van der Waals surface area contributed by atoms with Gasteiger partial charge >= 0.3 is 0 Å². The zero-order valence-electron chi connectivity index (χ0n) is 12.1. The van der Waals surface area contributed by atoms with Crippen molar-refractivity contribution in [3.63, 3.8) is 0 Å². The summed E-state index contributed by atoms with van der Waals surface area (Å²) < 4.78 is 31.9. The summed E-state index contributed by atoms with van der Waals surface area (Å²) in [5.74, 6) is 0.265. The second-order valence-electron chi connectivity index (χ2n) is 4.46. The summed E-state index contributed by atoms with van der Waals surface area (Å²) in [6, 6.07) is 12.3. The highest BCUT2D eigenvalue weighted by molar-refractivity contribution is 7.92. The number of ether oxygens (including phenoxy) is 1. The number of benzene rings is 2. The SMILES string of the molecule is COc1ccc(S(=O)(=O)Nc2ccc(N=C(C)[O-])cc2)cc1. The molecule has 6 nitrogen and oxygen atoms in total. The molecule has 1 N–H and O–H groups in total. The van der Waals surface area contributed by atoms with Crippen LogP contribution in [0.3, 0.4) is 0 Å². The fraction of sp³-hybridized carbons (Fsp3) is 0.133. The van der Waals surface area contributed by atoms with Gasteiger partial charge in [-0.25, -0.2) is 8.42 Å². The van der Waals surface area contributed by atoms with E-state index in [1.165, 1.54) is 26.2 Å². The molecule has 0 heterocycles. The van der Waals surface area contributed by atoms with E-state index < -0.39 is 10.0 Å². The van der Waals surface area contributed by atoms with E-state index in [0.717, 1.165) is 0 Å². The number of methoxy groups -OCH3 is 1. The second-order valence-corrected chi connectivity index (χ2v) is 6.14. The largest absolute Gasteiger partial charge is 0.862 e. The molecule has 0 radical (unpaired) electrons. The Hall–Kier alpha value is -2.54. The van der Waals surface area contributed by atoms with Crippen molar-refractivity contribution in [1.82, 2.24) is 0 Å². The maximum absolute atomic E-state index is 12.2. The number of nitrogens with zero attached hydrogens (tertiary/aromatic N) is 1. The van der Waals surface area contributed by atoms with Crippen molar-refractivity contribution in [2.45, 2.75) is 11.8 Å². The van der Waals surface area contributed by atoms with Crippen LogP contribution in [0.25, 0.3) is 0 Å². The molecule has 0 bridgehead atoms. The van der Waals surface area contributed by atoms with Gasteiger partial charge in [0.1, 0.15) is 5.75 Å². The molecule has 7 heteroatoms. The minimum atomic E-state index is -3.68. The number of hydrogen-bond acceptors (Lipinski definition) is 5. The molecule has 0 aromatic heterocycles. The normalized spacial score (nSPS) is 12.0. The van der Waals surface area contributed by atoms with Crippen LogP contribution < -0.4 is 14.6 Å². The monoisotopic (exact) mass is 319 g/mol. The van der Waals surface area contributed by atoms with Gasteiger partial charge in [-0.05, 0) is 61.4 Å². The van der Waals surface area contributed by atoms with E-state index in [-0.39, 0.29) is 10.8 Å². The molecular weight excluding hydrogens is 304 g/mol. The number of anilines is 1. The number of nitrogens with one attached hydrogen (secondary N) is 1. The van der Waals surface area contributed by atoms with Crippen molar-refractivity contribution in [3.8, 4) is 5.75 Å². The minimum absolute atomic E-state index is 0.130. The van der Waals surface area contributed by atoms with Gasteiger partial charge in [-0.15, -0.1) is 0 Å². The highest BCUT2D eigenvalue weighted by Crippen LogP contribution is 2.21. The van der Waals surface area contributed by atoms with Gasteiger partial charge in [0, 0.05) is 5.69 Å². The van der Waals surface area contributed by atoms with E-state index in [2.05, 4.69) is 9.71 Å². The molecule has 0 saturated heterocycles. The fourth-order valence-corrected chi connectivity index (χ4v) is 2.81. The molecule has 0 amide bonds. The van der Waals surface area contributed by atoms with Gasteiger partial charge in [0.05, 0.1) is 17.7 Å². The lowest BCUT2D eigenvalue weighted by Crippen LogP contribution is -2.12. The summed E-state index contributed by atoms with van der Waals surface area (Å²) in [4.78, 5) is 3.87. The average molecular weight is 319 g/mol. The van der Waals surface area contributed by atoms with Crippen LogP contribution in [0.2, 0.25) is 0 Å². The van der Waals surface area contributed by atoms with Crippen LogP contribution in [0.15, 0.2) is 58.4 Å². The standard InChI is InChI=1S/C15H16N2O4S/c1-11(18)16-12-3-5-13(6-4-12)17-22(19,20)15-9-7-14(21-2)8-10-15/h3-10,17H,1-2H3,(H,16,18)/p-1. The van der Waals surface area contributed by atoms with Gasteiger partial charge < -0.3 is 9.84 Å². The molecule has 0 spiro atoms. The Labute approximate surface area is 129 Å². The molecule has 2 rings (SSSR count). The first kappa shape index (κ1) is 15.8. The number of rotatable bonds is 5. The van der Waals surface area contributed by atoms with Gasteiger partial charge in [0.25, 0.3) is 10.0 Å². The molecule has 0 aliphatic rings. The Morgan fingerprint density at radius 3 is 2.18 bits per heavy atom. The first-order valence-corrected chi connectivity index (χ1v) is 7.88. The molecule has 2 aromatic rings. The van der Waals surface area contributed by atoms with Gasteiger partial charge in [-0.1, -0.05) is 0 Å². The molecule has 0 unspecified atom stereocenters. The summed E-state index contributed by atoms with van der Waals surface area (Å²) in [7, 11) is -2.17. The van der Waals surface area contributed by atoms with E-state index in [1.807, 2.05) is 0 Å². The third kappa shape index (κ3) is 3.98. The Morgan fingerprint density at radius 2 is 1.68 bits per heavy atom. The van der Waals surface area contributed by atoms with Gasteiger partial charge in [-0.2, -0.15) is 0 Å². The Kier molecular flexibility index (Phi) is 4.67. The van der Waals surface area contributed by atoms with Gasteiger partial charge in [0.15, 0.2) is 0 Å². The van der Waals surface area contributed by atoms with Crippen LogP contribution in [-0.2, 0) is 10.0 Å². The summed E-state index contributed by atoms with van der Waals surface area (Å²) >= 11 is 0. The van der Waals surface area contributed by atoms with Crippen molar-refractivity contribution in [2.75, 3.05) is 11.8 Å². The van der Waals surface area contributed by atoms with E-state index in [1.54, 1.807) is 36.4 Å². The van der Waals surface area contributed by atoms with Crippen LogP contribution in [-0.4, -0.2) is 21.4 Å². The third-order valence-corrected chi connectivity index (χ3v) is 4.17. The molecular formula is C15H15N2O4S-. The van der Waals surface area contributed by atoms with Gasteiger partial charge in [0.2, 0.25) is 0 Å². The van der Waals surface area contributed by atoms with E-state index in [9.17, 15) is 13.5 Å². The van der Waals surface area contributed by atoms with E-state index in [0.29, 0.717) is 17.1 Å². The molecule has 0 fully saturated rings. The fourth-order valence-electron chi connectivity index (χ4n) is 1.75. The molecule has 0 saturated carbocycles. The number of sulfonamides is 1. The lowest BCUT2D eigenvalue weighted by Gasteiger charge is -2.09. The average Bonchev–Trinajstić information content (AvgIpc) is 2.48. The maximum Gasteiger partial charge on any atom is 0.261 e. The highest BCUT2D eigenvalue weighted by Gasteiger charge is 2.14. The predicted octanol–water partition coefficient (Wildman–Crippen LogP) is 1.91. The first-order valence-electron chi connectivity index (χ1n) is 6.40. The Morgan fingerprint density at radius 1 is 1.09 bits per heavy atom. The lowest BCUT2D eigenvalue weighted by atomic mass is 10.3. The van der Waals surface area contributed by atoms with Crippen LogP contribution in [0, 0.1) is 0 Å².